The summed E-state index contributed by atoms with van der Waals surface area (Å²) in [5.41, 5.74) is 0. The standard InChI is InChI=1S/C21H34N4OS/c1-16-13-24(9-10-26-16)19(20-8-5-11-27-20)12-23-21(22-2)25-14-17-6-3-4-7-18(17)15-25/h5,8,11,16-19H,3-4,6-7,9-10,12-15H2,1-2H3,(H,22,23). The van der Waals surface area contributed by atoms with Crippen LogP contribution in [0.25, 0.3) is 0 Å². The van der Waals surface area contributed by atoms with E-state index in [9.17, 15) is 0 Å². The molecule has 0 aromatic carbocycles. The van der Waals surface area contributed by atoms with E-state index < -0.39 is 0 Å². The van der Waals surface area contributed by atoms with E-state index in [2.05, 4.69) is 44.5 Å². The maximum Gasteiger partial charge on any atom is 0.193 e. The Labute approximate surface area is 167 Å². The van der Waals surface area contributed by atoms with E-state index in [1.165, 1.54) is 43.6 Å². The molecule has 1 N–H and O–H groups in total. The van der Waals surface area contributed by atoms with Crippen molar-refractivity contribution in [2.75, 3.05) is 46.4 Å². The van der Waals surface area contributed by atoms with Gasteiger partial charge < -0.3 is 15.0 Å². The quantitative estimate of drug-likeness (QED) is 0.633. The van der Waals surface area contributed by atoms with Crippen LogP contribution >= 0.6 is 11.3 Å². The third-order valence-corrected chi connectivity index (χ3v) is 7.50. The first-order valence-electron chi connectivity index (χ1n) is 10.6. The first kappa shape index (κ1) is 19.2. The SMILES string of the molecule is CN=C(NCC(c1cccs1)N1CCOC(C)C1)N1CC2CCCCC2C1. The number of morpholine rings is 1. The molecule has 2 saturated heterocycles. The zero-order valence-corrected chi connectivity index (χ0v) is 17.6. The Kier molecular flexibility index (Phi) is 6.35. The molecule has 0 bridgehead atoms. The lowest BCUT2D eigenvalue weighted by Gasteiger charge is -2.37. The zero-order chi connectivity index (χ0) is 18.6. The average molecular weight is 391 g/mol. The minimum Gasteiger partial charge on any atom is -0.376 e. The maximum atomic E-state index is 5.77. The van der Waals surface area contributed by atoms with Gasteiger partial charge in [0.05, 0.1) is 18.8 Å². The molecule has 3 aliphatic rings. The fourth-order valence-corrected chi connectivity index (χ4v) is 5.98. The minimum atomic E-state index is 0.308. The second-order valence-corrected chi connectivity index (χ2v) is 9.32. The van der Waals surface area contributed by atoms with Crippen LogP contribution < -0.4 is 5.32 Å². The summed E-state index contributed by atoms with van der Waals surface area (Å²) in [6, 6.07) is 4.82. The molecule has 0 spiro atoms. The number of hydrogen-bond acceptors (Lipinski definition) is 4. The van der Waals surface area contributed by atoms with Crippen LogP contribution in [-0.2, 0) is 4.74 Å². The number of hydrogen-bond donors (Lipinski definition) is 1. The lowest BCUT2D eigenvalue weighted by Crippen LogP contribution is -2.48. The van der Waals surface area contributed by atoms with Crippen molar-refractivity contribution in [3.05, 3.63) is 22.4 Å². The van der Waals surface area contributed by atoms with Gasteiger partial charge >= 0.3 is 0 Å². The number of thiophene rings is 1. The summed E-state index contributed by atoms with van der Waals surface area (Å²) in [5.74, 6) is 2.85. The monoisotopic (exact) mass is 390 g/mol. The van der Waals surface area contributed by atoms with Crippen molar-refractivity contribution < 1.29 is 4.74 Å². The molecule has 1 aliphatic carbocycles. The van der Waals surface area contributed by atoms with Gasteiger partial charge in [0.2, 0.25) is 0 Å². The molecule has 1 aromatic rings. The van der Waals surface area contributed by atoms with Crippen LogP contribution in [0.15, 0.2) is 22.5 Å². The van der Waals surface area contributed by atoms with Gasteiger partial charge in [-0.25, -0.2) is 0 Å². The molecule has 3 fully saturated rings. The number of guanidine groups is 1. The molecule has 0 amide bonds. The van der Waals surface area contributed by atoms with Crippen LogP contribution in [0.1, 0.15) is 43.5 Å². The van der Waals surface area contributed by atoms with E-state index in [0.29, 0.717) is 12.1 Å². The molecule has 5 nitrogen and oxygen atoms in total. The number of nitrogens with zero attached hydrogens (tertiary/aromatic N) is 3. The van der Waals surface area contributed by atoms with E-state index in [0.717, 1.165) is 44.0 Å². The summed E-state index contributed by atoms with van der Waals surface area (Å²) in [6.45, 7) is 8.28. The largest absolute Gasteiger partial charge is 0.376 e. The Balaban J connectivity index is 1.40. The molecular formula is C21H34N4OS. The second kappa shape index (κ2) is 8.93. The number of nitrogens with one attached hydrogen (secondary N) is 1. The highest BCUT2D eigenvalue weighted by Gasteiger charge is 2.36. The van der Waals surface area contributed by atoms with Crippen molar-refractivity contribution in [3.63, 3.8) is 0 Å². The van der Waals surface area contributed by atoms with Gasteiger partial charge in [-0.1, -0.05) is 18.9 Å². The van der Waals surface area contributed by atoms with Gasteiger partial charge in [0, 0.05) is 44.6 Å². The van der Waals surface area contributed by atoms with Crippen molar-refractivity contribution in [2.24, 2.45) is 16.8 Å². The Morgan fingerprint density at radius 2 is 2.07 bits per heavy atom. The van der Waals surface area contributed by atoms with Gasteiger partial charge in [-0.3, -0.25) is 9.89 Å². The Morgan fingerprint density at radius 1 is 1.30 bits per heavy atom. The van der Waals surface area contributed by atoms with Crippen LogP contribution in [0.3, 0.4) is 0 Å². The number of aliphatic imine (C=N–C) groups is 1. The second-order valence-electron chi connectivity index (χ2n) is 8.35. The smallest absolute Gasteiger partial charge is 0.193 e. The Morgan fingerprint density at radius 3 is 2.70 bits per heavy atom. The van der Waals surface area contributed by atoms with Gasteiger partial charge in [-0.2, -0.15) is 0 Å². The molecule has 150 valence electrons. The minimum absolute atomic E-state index is 0.308. The highest BCUT2D eigenvalue weighted by Crippen LogP contribution is 2.36. The number of likely N-dealkylation sites (tertiary alicyclic amines) is 1. The molecule has 0 radical (unpaired) electrons. The summed E-state index contributed by atoms with van der Waals surface area (Å²) in [7, 11) is 1.93. The van der Waals surface area contributed by atoms with Crippen molar-refractivity contribution in [1.29, 1.82) is 0 Å². The first-order chi connectivity index (χ1) is 13.2. The summed E-state index contributed by atoms with van der Waals surface area (Å²) in [5, 5.41) is 5.91. The molecule has 3 heterocycles. The fraction of sp³-hybridized carbons (Fsp3) is 0.762. The summed E-state index contributed by atoms with van der Waals surface area (Å²) in [4.78, 5) is 11.1. The van der Waals surface area contributed by atoms with E-state index in [-0.39, 0.29) is 0 Å². The topological polar surface area (TPSA) is 40.1 Å². The molecule has 1 saturated carbocycles. The molecule has 4 atom stereocenters. The number of ether oxygens (including phenoxy) is 1. The summed E-state index contributed by atoms with van der Waals surface area (Å²) in [6.07, 6.45) is 5.94. The van der Waals surface area contributed by atoms with Crippen LogP contribution in [0.5, 0.6) is 0 Å². The van der Waals surface area contributed by atoms with Crippen LogP contribution in [0.2, 0.25) is 0 Å². The Hall–Kier alpha value is -1.11. The predicted octanol–water partition coefficient (Wildman–Crippen LogP) is 3.21. The van der Waals surface area contributed by atoms with Crippen molar-refractivity contribution in [1.82, 2.24) is 15.1 Å². The van der Waals surface area contributed by atoms with E-state index in [1.807, 2.05) is 18.4 Å². The lowest BCUT2D eigenvalue weighted by atomic mass is 9.82. The molecule has 4 rings (SSSR count). The fourth-order valence-electron chi connectivity index (χ4n) is 5.12. The third kappa shape index (κ3) is 4.49. The van der Waals surface area contributed by atoms with E-state index >= 15 is 0 Å². The molecule has 27 heavy (non-hydrogen) atoms. The van der Waals surface area contributed by atoms with Crippen molar-refractivity contribution in [3.8, 4) is 0 Å². The molecule has 1 aromatic heterocycles. The average Bonchev–Trinajstić information content (AvgIpc) is 3.35. The normalized spacial score (nSPS) is 31.0. The molecular weight excluding hydrogens is 356 g/mol. The highest BCUT2D eigenvalue weighted by molar-refractivity contribution is 7.10. The van der Waals surface area contributed by atoms with E-state index in [4.69, 9.17) is 4.74 Å². The number of rotatable bonds is 4. The van der Waals surface area contributed by atoms with Gasteiger partial charge in [0.1, 0.15) is 0 Å². The predicted molar refractivity (Wildman–Crippen MR) is 112 cm³/mol. The summed E-state index contributed by atoms with van der Waals surface area (Å²) >= 11 is 1.86. The molecule has 6 heteroatoms. The first-order valence-corrected chi connectivity index (χ1v) is 11.5. The van der Waals surface area contributed by atoms with Gasteiger partial charge in [-0.05, 0) is 43.0 Å². The van der Waals surface area contributed by atoms with Crippen molar-refractivity contribution in [2.45, 2.75) is 44.8 Å². The number of fused-ring (bicyclic) bond motifs is 1. The van der Waals surface area contributed by atoms with E-state index in [1.54, 1.807) is 0 Å². The third-order valence-electron chi connectivity index (χ3n) is 6.53. The molecule has 2 aliphatic heterocycles. The van der Waals surface area contributed by atoms with Crippen LogP contribution in [-0.4, -0.2) is 68.2 Å². The maximum absolute atomic E-state index is 5.77. The molecule has 4 unspecified atom stereocenters. The van der Waals surface area contributed by atoms with Gasteiger partial charge in [0.25, 0.3) is 0 Å². The van der Waals surface area contributed by atoms with Crippen LogP contribution in [0.4, 0.5) is 0 Å². The lowest BCUT2D eigenvalue weighted by molar-refractivity contribution is -0.0334. The zero-order valence-electron chi connectivity index (χ0n) is 16.8. The van der Waals surface area contributed by atoms with Gasteiger partial charge in [0.15, 0.2) is 5.96 Å². The summed E-state index contributed by atoms with van der Waals surface area (Å²) < 4.78 is 5.77. The van der Waals surface area contributed by atoms with Crippen molar-refractivity contribution >= 4 is 17.3 Å². The Bertz CT molecular complexity index is 606. The van der Waals surface area contributed by atoms with Gasteiger partial charge in [-0.15, -0.1) is 11.3 Å². The highest BCUT2D eigenvalue weighted by atomic mass is 32.1. The van der Waals surface area contributed by atoms with Crippen LogP contribution in [0, 0.1) is 11.8 Å².